The standard InChI is InChI=1S/C6H12BrNO2S/c7-5-1-2-6(3-4-6)11(8,9)10/h1-5H2,(H2,8,9,10). The van der Waals surface area contributed by atoms with E-state index in [1.807, 2.05) is 0 Å². The summed E-state index contributed by atoms with van der Waals surface area (Å²) < 4.78 is 21.4. The highest BCUT2D eigenvalue weighted by molar-refractivity contribution is 9.09. The number of rotatable bonds is 4. The minimum absolute atomic E-state index is 0.541. The molecule has 11 heavy (non-hydrogen) atoms. The lowest BCUT2D eigenvalue weighted by Crippen LogP contribution is -2.30. The molecule has 5 heteroatoms. The van der Waals surface area contributed by atoms with E-state index >= 15 is 0 Å². The van der Waals surface area contributed by atoms with E-state index in [1.165, 1.54) is 0 Å². The van der Waals surface area contributed by atoms with Crippen LogP contribution in [0.25, 0.3) is 0 Å². The lowest BCUT2D eigenvalue weighted by atomic mass is 10.2. The quantitative estimate of drug-likeness (QED) is 0.747. The van der Waals surface area contributed by atoms with E-state index in [9.17, 15) is 8.42 Å². The highest BCUT2D eigenvalue weighted by Crippen LogP contribution is 2.45. The van der Waals surface area contributed by atoms with Crippen LogP contribution in [-0.4, -0.2) is 18.5 Å². The third-order valence-corrected chi connectivity index (χ3v) is 4.56. The van der Waals surface area contributed by atoms with Gasteiger partial charge in [0.2, 0.25) is 10.0 Å². The minimum Gasteiger partial charge on any atom is -0.228 e. The van der Waals surface area contributed by atoms with E-state index < -0.39 is 14.8 Å². The highest BCUT2D eigenvalue weighted by atomic mass is 79.9. The summed E-state index contributed by atoms with van der Waals surface area (Å²) >= 11 is 3.26. The highest BCUT2D eigenvalue weighted by Gasteiger charge is 2.51. The molecule has 0 heterocycles. The molecule has 0 aromatic carbocycles. The van der Waals surface area contributed by atoms with Gasteiger partial charge in [-0.25, -0.2) is 13.6 Å². The maximum atomic E-state index is 11.0. The molecule has 0 bridgehead atoms. The van der Waals surface area contributed by atoms with Crippen LogP contribution in [0, 0.1) is 0 Å². The Kier molecular flexibility index (Phi) is 2.61. The zero-order chi connectivity index (χ0) is 8.54. The Labute approximate surface area is 75.5 Å². The van der Waals surface area contributed by atoms with Crippen molar-refractivity contribution in [3.63, 3.8) is 0 Å². The van der Waals surface area contributed by atoms with E-state index in [2.05, 4.69) is 15.9 Å². The zero-order valence-electron chi connectivity index (χ0n) is 6.22. The number of alkyl halides is 1. The Morgan fingerprint density at radius 3 is 2.27 bits per heavy atom. The molecule has 0 aromatic rings. The fourth-order valence-corrected chi connectivity index (χ4v) is 2.59. The van der Waals surface area contributed by atoms with Crippen molar-refractivity contribution in [3.05, 3.63) is 0 Å². The van der Waals surface area contributed by atoms with Gasteiger partial charge >= 0.3 is 0 Å². The molecule has 0 aliphatic heterocycles. The van der Waals surface area contributed by atoms with Crippen molar-refractivity contribution < 1.29 is 8.42 Å². The number of nitrogens with two attached hydrogens (primary N) is 1. The first kappa shape index (κ1) is 9.48. The lowest BCUT2D eigenvalue weighted by Gasteiger charge is -2.10. The molecule has 1 aliphatic rings. The van der Waals surface area contributed by atoms with Gasteiger partial charge in [0, 0.05) is 5.33 Å². The molecule has 0 spiro atoms. The van der Waals surface area contributed by atoms with Crippen molar-refractivity contribution in [2.24, 2.45) is 5.14 Å². The molecule has 0 amide bonds. The van der Waals surface area contributed by atoms with Crippen LogP contribution < -0.4 is 5.14 Å². The summed E-state index contributed by atoms with van der Waals surface area (Å²) in [5.41, 5.74) is 0. The van der Waals surface area contributed by atoms with Gasteiger partial charge < -0.3 is 0 Å². The minimum atomic E-state index is -3.28. The Bertz CT molecular complexity index is 233. The van der Waals surface area contributed by atoms with Crippen molar-refractivity contribution in [2.45, 2.75) is 30.4 Å². The predicted octanol–water partition coefficient (Wildman–Crippen LogP) is 0.983. The molecule has 0 saturated heterocycles. The second kappa shape index (κ2) is 3.03. The third kappa shape index (κ3) is 1.95. The van der Waals surface area contributed by atoms with Gasteiger partial charge in [0.1, 0.15) is 0 Å². The van der Waals surface area contributed by atoms with E-state index in [4.69, 9.17) is 5.14 Å². The van der Waals surface area contributed by atoms with Gasteiger partial charge in [-0.1, -0.05) is 15.9 Å². The maximum absolute atomic E-state index is 11.0. The summed E-state index contributed by atoms with van der Waals surface area (Å²) in [7, 11) is -3.28. The average molecular weight is 242 g/mol. The van der Waals surface area contributed by atoms with Crippen LogP contribution in [-0.2, 0) is 10.0 Å². The monoisotopic (exact) mass is 241 g/mol. The second-order valence-corrected chi connectivity index (χ2v) is 5.77. The summed E-state index contributed by atoms with van der Waals surface area (Å²) in [5, 5.41) is 5.92. The van der Waals surface area contributed by atoms with Crippen molar-refractivity contribution >= 4 is 26.0 Å². The van der Waals surface area contributed by atoms with Crippen LogP contribution in [0.1, 0.15) is 25.7 Å². The predicted molar refractivity (Wildman–Crippen MR) is 48.1 cm³/mol. The van der Waals surface area contributed by atoms with Gasteiger partial charge in [0.25, 0.3) is 0 Å². The van der Waals surface area contributed by atoms with Gasteiger partial charge in [-0.15, -0.1) is 0 Å². The van der Waals surface area contributed by atoms with E-state index in [0.717, 1.165) is 24.6 Å². The Hall–Kier alpha value is 0.390. The molecule has 2 N–H and O–H groups in total. The van der Waals surface area contributed by atoms with Crippen LogP contribution in [0.4, 0.5) is 0 Å². The van der Waals surface area contributed by atoms with Gasteiger partial charge in [-0.3, -0.25) is 0 Å². The van der Waals surface area contributed by atoms with Crippen molar-refractivity contribution in [3.8, 4) is 0 Å². The van der Waals surface area contributed by atoms with Crippen LogP contribution in [0.15, 0.2) is 0 Å². The fourth-order valence-electron chi connectivity index (χ4n) is 1.21. The number of hydrogen-bond donors (Lipinski definition) is 1. The first-order valence-electron chi connectivity index (χ1n) is 3.60. The molecule has 1 fully saturated rings. The number of sulfonamides is 1. The van der Waals surface area contributed by atoms with Crippen molar-refractivity contribution in [2.75, 3.05) is 5.33 Å². The van der Waals surface area contributed by atoms with Crippen LogP contribution >= 0.6 is 15.9 Å². The molecular weight excluding hydrogens is 230 g/mol. The molecule has 66 valence electrons. The largest absolute Gasteiger partial charge is 0.228 e. The van der Waals surface area contributed by atoms with Crippen molar-refractivity contribution in [1.29, 1.82) is 0 Å². The van der Waals surface area contributed by atoms with E-state index in [1.54, 1.807) is 0 Å². The molecule has 0 aromatic heterocycles. The first-order chi connectivity index (χ1) is 5.02. The fraction of sp³-hybridized carbons (Fsp3) is 1.00. The molecule has 3 nitrogen and oxygen atoms in total. The van der Waals surface area contributed by atoms with Crippen LogP contribution in [0.5, 0.6) is 0 Å². The molecular formula is C6H12BrNO2S. The third-order valence-electron chi connectivity index (χ3n) is 2.18. The molecule has 0 unspecified atom stereocenters. The van der Waals surface area contributed by atoms with E-state index in [0.29, 0.717) is 6.42 Å². The molecule has 0 atom stereocenters. The smallest absolute Gasteiger partial charge is 0.214 e. The Morgan fingerprint density at radius 2 is 2.00 bits per heavy atom. The molecule has 1 saturated carbocycles. The first-order valence-corrected chi connectivity index (χ1v) is 6.27. The molecule has 0 radical (unpaired) electrons. The lowest BCUT2D eigenvalue weighted by molar-refractivity contribution is 0.568. The van der Waals surface area contributed by atoms with Gasteiger partial charge in [-0.2, -0.15) is 0 Å². The zero-order valence-corrected chi connectivity index (χ0v) is 8.62. The SMILES string of the molecule is NS(=O)(=O)C1(CCCBr)CC1. The number of halogens is 1. The van der Waals surface area contributed by atoms with E-state index in [-0.39, 0.29) is 0 Å². The van der Waals surface area contributed by atoms with Crippen LogP contribution in [0.3, 0.4) is 0 Å². The topological polar surface area (TPSA) is 60.2 Å². The van der Waals surface area contributed by atoms with Gasteiger partial charge in [0.15, 0.2) is 0 Å². The average Bonchev–Trinajstić information content (AvgIpc) is 2.61. The Balaban J connectivity index is 2.55. The summed E-state index contributed by atoms with van der Waals surface area (Å²) in [6, 6.07) is 0. The second-order valence-electron chi connectivity index (χ2n) is 3.02. The summed E-state index contributed by atoms with van der Waals surface area (Å²) in [5.74, 6) is 0. The van der Waals surface area contributed by atoms with Crippen LogP contribution in [0.2, 0.25) is 0 Å². The summed E-state index contributed by atoms with van der Waals surface area (Å²) in [6.07, 6.45) is 3.09. The maximum Gasteiger partial charge on any atom is 0.214 e. The molecule has 1 rings (SSSR count). The summed E-state index contributed by atoms with van der Waals surface area (Å²) in [6.45, 7) is 0. The van der Waals surface area contributed by atoms with Gasteiger partial charge in [0.05, 0.1) is 4.75 Å². The van der Waals surface area contributed by atoms with Gasteiger partial charge in [-0.05, 0) is 25.7 Å². The number of hydrogen-bond acceptors (Lipinski definition) is 2. The number of primary sulfonamides is 1. The molecule has 1 aliphatic carbocycles. The Morgan fingerprint density at radius 1 is 1.45 bits per heavy atom. The summed E-state index contributed by atoms with van der Waals surface area (Å²) in [4.78, 5) is 0. The van der Waals surface area contributed by atoms with Crippen molar-refractivity contribution in [1.82, 2.24) is 0 Å². The normalized spacial score (nSPS) is 21.6.